The minimum atomic E-state index is -1.67. The van der Waals surface area contributed by atoms with E-state index in [2.05, 4.69) is 4.98 Å². The van der Waals surface area contributed by atoms with Gasteiger partial charge in [-0.3, -0.25) is 14.7 Å². The number of methoxy groups -OCH3 is 1. The number of aliphatic carboxylic acids is 1. The molecule has 3 aromatic rings. The van der Waals surface area contributed by atoms with Crippen LogP contribution in [0.4, 0.5) is 22.0 Å². The second-order valence-electron chi connectivity index (χ2n) is 9.87. The molecule has 0 radical (unpaired) electrons. The zero-order valence-electron chi connectivity index (χ0n) is 21.4. The van der Waals surface area contributed by atoms with Gasteiger partial charge >= 0.3 is 5.97 Å². The lowest BCUT2D eigenvalue weighted by Gasteiger charge is -2.41. The third-order valence-corrected chi connectivity index (χ3v) is 7.39. The van der Waals surface area contributed by atoms with Crippen LogP contribution in [0, 0.1) is 28.7 Å². The Kier molecular flexibility index (Phi) is 8.89. The van der Waals surface area contributed by atoms with Crippen LogP contribution in [0.25, 0.3) is 10.9 Å². The fraction of sp³-hybridized carbons (Fsp3) is 0.429. The molecular weight excluding hydrogens is 523 g/mol. The molecule has 210 valence electrons. The van der Waals surface area contributed by atoms with Crippen LogP contribution in [0.1, 0.15) is 43.8 Å². The molecule has 1 fully saturated rings. The smallest absolute Gasteiger partial charge is 0.303 e. The third-order valence-electron chi connectivity index (χ3n) is 7.39. The Morgan fingerprint density at radius 1 is 1.08 bits per heavy atom. The number of halogens is 5. The summed E-state index contributed by atoms with van der Waals surface area (Å²) < 4.78 is 80.7. The SMILES string of the molecule is COc1ccc2ncc(F)c([C@H](F)CCC3(CC(=O)O)CCN(CCOc4cc(F)c(F)c(F)c4)CC3)c2c1. The van der Waals surface area contributed by atoms with Crippen molar-refractivity contribution in [1.82, 2.24) is 9.88 Å². The molecule has 6 nitrogen and oxygen atoms in total. The number of fused-ring (bicyclic) bond motifs is 1. The summed E-state index contributed by atoms with van der Waals surface area (Å²) in [7, 11) is 1.46. The van der Waals surface area contributed by atoms with Crippen LogP contribution < -0.4 is 9.47 Å². The van der Waals surface area contributed by atoms with Gasteiger partial charge in [0.25, 0.3) is 0 Å². The molecule has 1 atom stereocenters. The van der Waals surface area contributed by atoms with Crippen molar-refractivity contribution in [2.75, 3.05) is 33.4 Å². The maximum absolute atomic E-state index is 15.6. The number of piperidine rings is 1. The quantitative estimate of drug-likeness (QED) is 0.225. The van der Waals surface area contributed by atoms with Crippen molar-refractivity contribution >= 4 is 16.9 Å². The van der Waals surface area contributed by atoms with Gasteiger partial charge in [0.1, 0.15) is 30.1 Å². The summed E-state index contributed by atoms with van der Waals surface area (Å²) in [5.41, 5.74) is -0.363. The lowest BCUT2D eigenvalue weighted by molar-refractivity contribution is -0.141. The molecule has 1 N–H and O–H groups in total. The highest BCUT2D eigenvalue weighted by Crippen LogP contribution is 2.43. The number of aromatic nitrogens is 1. The van der Waals surface area contributed by atoms with Crippen LogP contribution in [0.3, 0.4) is 0 Å². The second-order valence-corrected chi connectivity index (χ2v) is 9.87. The number of hydrogen-bond acceptors (Lipinski definition) is 5. The van der Waals surface area contributed by atoms with E-state index in [0.717, 1.165) is 18.3 Å². The average molecular weight is 553 g/mol. The Morgan fingerprint density at radius 2 is 1.77 bits per heavy atom. The normalized spacial score (nSPS) is 16.3. The van der Waals surface area contributed by atoms with E-state index in [-0.39, 0.29) is 37.2 Å². The molecule has 39 heavy (non-hydrogen) atoms. The van der Waals surface area contributed by atoms with Crippen LogP contribution in [0.5, 0.6) is 11.5 Å². The van der Waals surface area contributed by atoms with Crippen molar-refractivity contribution in [3.05, 3.63) is 65.4 Å². The molecule has 1 saturated heterocycles. The van der Waals surface area contributed by atoms with Crippen molar-refractivity contribution in [3.63, 3.8) is 0 Å². The van der Waals surface area contributed by atoms with Crippen LogP contribution >= 0.6 is 0 Å². The van der Waals surface area contributed by atoms with Crippen molar-refractivity contribution in [2.24, 2.45) is 5.41 Å². The highest BCUT2D eigenvalue weighted by molar-refractivity contribution is 5.84. The summed E-state index contributed by atoms with van der Waals surface area (Å²) in [5, 5.41) is 9.87. The van der Waals surface area contributed by atoms with Gasteiger partial charge in [0.05, 0.1) is 25.2 Å². The molecule has 2 heterocycles. The summed E-state index contributed by atoms with van der Waals surface area (Å²) in [5.74, 6) is -5.71. The minimum Gasteiger partial charge on any atom is -0.497 e. The van der Waals surface area contributed by atoms with Gasteiger partial charge in [-0.1, -0.05) is 0 Å². The van der Waals surface area contributed by atoms with Gasteiger partial charge in [-0.15, -0.1) is 0 Å². The largest absolute Gasteiger partial charge is 0.497 e. The van der Waals surface area contributed by atoms with Crippen LogP contribution in [0.2, 0.25) is 0 Å². The molecule has 1 aliphatic heterocycles. The van der Waals surface area contributed by atoms with E-state index in [1.54, 1.807) is 12.1 Å². The molecule has 0 bridgehead atoms. The van der Waals surface area contributed by atoms with E-state index >= 15 is 4.39 Å². The van der Waals surface area contributed by atoms with E-state index in [4.69, 9.17) is 9.47 Å². The average Bonchev–Trinajstić information content (AvgIpc) is 2.90. The van der Waals surface area contributed by atoms with Crippen molar-refractivity contribution < 1.29 is 41.3 Å². The van der Waals surface area contributed by atoms with E-state index < -0.39 is 40.8 Å². The van der Waals surface area contributed by atoms with Gasteiger partial charge in [-0.05, 0) is 62.4 Å². The molecule has 0 amide bonds. The topological polar surface area (TPSA) is 71.9 Å². The lowest BCUT2D eigenvalue weighted by Crippen LogP contribution is -2.42. The fourth-order valence-electron chi connectivity index (χ4n) is 5.19. The number of pyridine rings is 1. The number of likely N-dealkylation sites (tertiary alicyclic amines) is 1. The number of carboxylic acids is 1. The number of carboxylic acid groups (broad SMARTS) is 1. The second kappa shape index (κ2) is 12.1. The number of hydrogen-bond donors (Lipinski definition) is 1. The lowest BCUT2D eigenvalue weighted by atomic mass is 9.71. The predicted octanol–water partition coefficient (Wildman–Crippen LogP) is 6.23. The third kappa shape index (κ3) is 6.76. The molecule has 0 saturated carbocycles. The van der Waals surface area contributed by atoms with Gasteiger partial charge in [0, 0.05) is 29.6 Å². The van der Waals surface area contributed by atoms with Gasteiger partial charge in [0.15, 0.2) is 17.5 Å². The summed E-state index contributed by atoms with van der Waals surface area (Å²) >= 11 is 0. The Bertz CT molecular complexity index is 1310. The summed E-state index contributed by atoms with van der Waals surface area (Å²) in [6, 6.07) is 6.35. The maximum Gasteiger partial charge on any atom is 0.303 e. The van der Waals surface area contributed by atoms with Crippen molar-refractivity contribution in [3.8, 4) is 11.5 Å². The minimum absolute atomic E-state index is 0.0642. The molecule has 11 heteroatoms. The first kappa shape index (κ1) is 28.5. The van der Waals surface area contributed by atoms with Crippen molar-refractivity contribution in [2.45, 2.75) is 38.3 Å². The molecule has 4 rings (SSSR count). The molecule has 0 unspecified atom stereocenters. The van der Waals surface area contributed by atoms with E-state index in [0.29, 0.717) is 49.1 Å². The number of carbonyl (C=O) groups is 1. The van der Waals surface area contributed by atoms with Crippen molar-refractivity contribution in [1.29, 1.82) is 0 Å². The van der Waals surface area contributed by atoms with Crippen LogP contribution in [0.15, 0.2) is 36.5 Å². The van der Waals surface area contributed by atoms with Crippen LogP contribution in [-0.4, -0.2) is 54.3 Å². The summed E-state index contributed by atoms with van der Waals surface area (Å²) in [6.07, 6.45) is 0.289. The van der Waals surface area contributed by atoms with E-state index in [1.807, 2.05) is 4.90 Å². The Hall–Kier alpha value is -3.47. The Morgan fingerprint density at radius 3 is 2.41 bits per heavy atom. The Labute approximate surface area is 222 Å². The molecule has 1 aromatic heterocycles. The Balaban J connectivity index is 1.38. The van der Waals surface area contributed by atoms with E-state index in [9.17, 15) is 27.5 Å². The molecular formula is C28H29F5N2O4. The first-order valence-electron chi connectivity index (χ1n) is 12.6. The highest BCUT2D eigenvalue weighted by atomic mass is 19.2. The number of ether oxygens (including phenoxy) is 2. The van der Waals surface area contributed by atoms with Crippen LogP contribution in [-0.2, 0) is 4.79 Å². The number of benzene rings is 2. The number of rotatable bonds is 11. The first-order valence-corrected chi connectivity index (χ1v) is 12.6. The molecule has 0 spiro atoms. The number of nitrogens with zero attached hydrogens (tertiary/aromatic N) is 2. The molecule has 0 aliphatic carbocycles. The fourth-order valence-corrected chi connectivity index (χ4v) is 5.19. The van der Waals surface area contributed by atoms with Gasteiger partial charge in [0.2, 0.25) is 0 Å². The molecule has 1 aliphatic rings. The number of alkyl halides is 1. The monoisotopic (exact) mass is 552 g/mol. The molecule has 2 aromatic carbocycles. The first-order chi connectivity index (χ1) is 18.6. The maximum atomic E-state index is 15.6. The van der Waals surface area contributed by atoms with Gasteiger partial charge in [-0.25, -0.2) is 22.0 Å². The zero-order valence-corrected chi connectivity index (χ0v) is 21.4. The standard InChI is InChI=1S/C28H29F5N2O4/c1-38-17-2-3-24-19(12-17)26(23(32)16-34-24)20(29)4-5-28(15-25(36)37)6-8-35(9-7-28)10-11-39-18-13-21(30)27(33)22(31)14-18/h2-3,12-14,16,20H,4-11,15H2,1H3,(H,36,37)/t20-/m1/s1. The van der Waals surface area contributed by atoms with Gasteiger partial charge < -0.3 is 14.6 Å². The summed E-state index contributed by atoms with van der Waals surface area (Å²) in [4.78, 5) is 17.7. The van der Waals surface area contributed by atoms with Gasteiger partial charge in [-0.2, -0.15) is 0 Å². The summed E-state index contributed by atoms with van der Waals surface area (Å²) in [6.45, 7) is 1.49. The highest BCUT2D eigenvalue weighted by Gasteiger charge is 2.37. The zero-order chi connectivity index (χ0) is 28.2. The van der Waals surface area contributed by atoms with E-state index in [1.165, 1.54) is 13.2 Å². The predicted molar refractivity (Wildman–Crippen MR) is 134 cm³/mol.